The summed E-state index contributed by atoms with van der Waals surface area (Å²) >= 11 is 3.52. The predicted octanol–water partition coefficient (Wildman–Crippen LogP) is 4.25. The van der Waals surface area contributed by atoms with Crippen molar-refractivity contribution in [2.45, 2.75) is 26.3 Å². The van der Waals surface area contributed by atoms with Crippen molar-refractivity contribution in [3.8, 4) is 5.75 Å². The van der Waals surface area contributed by atoms with E-state index in [0.717, 1.165) is 28.9 Å². The number of aryl methyl sites for hydroxylation is 1. The normalized spacial score (nSPS) is 12.4. The monoisotopic (exact) mass is 337 g/mol. The Morgan fingerprint density at radius 1 is 1.35 bits per heavy atom. The SMILES string of the molecule is CCNC(Cc1cc(Br)ccc1OC)c1coc(C)c1. The quantitative estimate of drug-likeness (QED) is 0.855. The lowest BCUT2D eigenvalue weighted by atomic mass is 10.00. The number of furan rings is 1. The Morgan fingerprint density at radius 2 is 2.15 bits per heavy atom. The van der Waals surface area contributed by atoms with Crippen LogP contribution in [0.1, 0.15) is 29.9 Å². The van der Waals surface area contributed by atoms with Crippen LogP contribution in [0.15, 0.2) is 39.4 Å². The average molecular weight is 338 g/mol. The van der Waals surface area contributed by atoms with E-state index < -0.39 is 0 Å². The highest BCUT2D eigenvalue weighted by Crippen LogP contribution is 2.28. The lowest BCUT2D eigenvalue weighted by Crippen LogP contribution is -2.22. The molecular formula is C16H20BrNO2. The van der Waals surface area contributed by atoms with Crippen LogP contribution in [0, 0.1) is 6.92 Å². The first kappa shape index (κ1) is 15.1. The molecule has 1 unspecified atom stereocenters. The van der Waals surface area contributed by atoms with E-state index in [9.17, 15) is 0 Å². The summed E-state index contributed by atoms with van der Waals surface area (Å²) in [5.41, 5.74) is 2.35. The minimum atomic E-state index is 0.223. The molecule has 0 saturated heterocycles. The fraction of sp³-hybridized carbons (Fsp3) is 0.375. The molecule has 4 heteroatoms. The molecule has 0 saturated carbocycles. The average Bonchev–Trinajstić information content (AvgIpc) is 2.85. The maximum Gasteiger partial charge on any atom is 0.122 e. The van der Waals surface area contributed by atoms with Gasteiger partial charge >= 0.3 is 0 Å². The Bertz CT molecular complexity index is 565. The highest BCUT2D eigenvalue weighted by Gasteiger charge is 2.16. The van der Waals surface area contributed by atoms with Gasteiger partial charge in [0.05, 0.1) is 13.4 Å². The van der Waals surface area contributed by atoms with Gasteiger partial charge < -0.3 is 14.5 Å². The summed E-state index contributed by atoms with van der Waals surface area (Å²) in [5, 5.41) is 3.50. The van der Waals surface area contributed by atoms with E-state index in [0.29, 0.717) is 0 Å². The summed E-state index contributed by atoms with van der Waals surface area (Å²) in [6.45, 7) is 4.98. The summed E-state index contributed by atoms with van der Waals surface area (Å²) in [7, 11) is 1.71. The van der Waals surface area contributed by atoms with Crippen molar-refractivity contribution in [1.82, 2.24) is 5.32 Å². The molecular weight excluding hydrogens is 318 g/mol. The summed E-state index contributed by atoms with van der Waals surface area (Å²) in [5.74, 6) is 1.85. The van der Waals surface area contributed by atoms with Gasteiger partial charge in [0, 0.05) is 16.1 Å². The minimum Gasteiger partial charge on any atom is -0.496 e. The van der Waals surface area contributed by atoms with Crippen molar-refractivity contribution < 1.29 is 9.15 Å². The molecule has 1 heterocycles. The molecule has 0 bridgehead atoms. The van der Waals surface area contributed by atoms with Gasteiger partial charge in [0.15, 0.2) is 0 Å². The Balaban J connectivity index is 2.26. The number of hydrogen-bond acceptors (Lipinski definition) is 3. The molecule has 0 aliphatic rings. The number of nitrogens with one attached hydrogen (secondary N) is 1. The largest absolute Gasteiger partial charge is 0.496 e. The summed E-state index contributed by atoms with van der Waals surface area (Å²) < 4.78 is 11.9. The van der Waals surface area contributed by atoms with Gasteiger partial charge in [-0.3, -0.25) is 0 Å². The van der Waals surface area contributed by atoms with Gasteiger partial charge in [-0.1, -0.05) is 22.9 Å². The van der Waals surface area contributed by atoms with Crippen LogP contribution in [0.5, 0.6) is 5.75 Å². The standard InChI is InChI=1S/C16H20BrNO2/c1-4-18-15(13-7-11(2)20-10-13)9-12-8-14(17)5-6-16(12)19-3/h5-8,10,15,18H,4,9H2,1-3H3. The van der Waals surface area contributed by atoms with Crippen LogP contribution in [0.3, 0.4) is 0 Å². The maximum absolute atomic E-state index is 5.45. The maximum atomic E-state index is 5.45. The van der Waals surface area contributed by atoms with Gasteiger partial charge in [0.25, 0.3) is 0 Å². The number of halogens is 1. The molecule has 0 amide bonds. The van der Waals surface area contributed by atoms with E-state index >= 15 is 0 Å². The fourth-order valence-electron chi connectivity index (χ4n) is 2.33. The van der Waals surface area contributed by atoms with Crippen LogP contribution < -0.4 is 10.1 Å². The number of hydrogen-bond donors (Lipinski definition) is 1. The number of ether oxygens (including phenoxy) is 1. The van der Waals surface area contributed by atoms with E-state index in [-0.39, 0.29) is 6.04 Å². The second kappa shape index (κ2) is 6.95. The highest BCUT2D eigenvalue weighted by molar-refractivity contribution is 9.10. The number of methoxy groups -OCH3 is 1. The van der Waals surface area contributed by atoms with Crippen molar-refractivity contribution >= 4 is 15.9 Å². The van der Waals surface area contributed by atoms with Crippen LogP contribution >= 0.6 is 15.9 Å². The molecule has 1 aromatic carbocycles. The third-order valence-corrected chi connectivity index (χ3v) is 3.76. The van der Waals surface area contributed by atoms with Gasteiger partial charge in [-0.05, 0) is 49.7 Å². The zero-order valence-corrected chi connectivity index (χ0v) is 13.7. The number of likely N-dealkylation sites (N-methyl/N-ethyl adjacent to an activating group) is 1. The van der Waals surface area contributed by atoms with Gasteiger partial charge in [-0.2, -0.15) is 0 Å². The second-order valence-electron chi connectivity index (χ2n) is 4.76. The van der Waals surface area contributed by atoms with Gasteiger partial charge in [0.1, 0.15) is 11.5 Å². The minimum absolute atomic E-state index is 0.223. The zero-order valence-electron chi connectivity index (χ0n) is 12.1. The third kappa shape index (κ3) is 3.64. The Hall–Kier alpha value is -1.26. The van der Waals surface area contributed by atoms with Gasteiger partial charge in [-0.25, -0.2) is 0 Å². The number of rotatable bonds is 6. The molecule has 108 valence electrons. The summed E-state index contributed by atoms with van der Waals surface area (Å²) in [6, 6.07) is 8.39. The van der Waals surface area contributed by atoms with Crippen molar-refractivity contribution in [3.05, 3.63) is 51.9 Å². The predicted molar refractivity (Wildman–Crippen MR) is 84.3 cm³/mol. The summed E-state index contributed by atoms with van der Waals surface area (Å²) in [4.78, 5) is 0. The molecule has 0 radical (unpaired) electrons. The molecule has 2 aromatic rings. The van der Waals surface area contributed by atoms with E-state index in [1.807, 2.05) is 25.3 Å². The van der Waals surface area contributed by atoms with E-state index in [1.54, 1.807) is 7.11 Å². The van der Waals surface area contributed by atoms with Crippen LogP contribution in [0.4, 0.5) is 0 Å². The molecule has 0 spiro atoms. The Morgan fingerprint density at radius 3 is 2.75 bits per heavy atom. The lowest BCUT2D eigenvalue weighted by molar-refractivity contribution is 0.405. The van der Waals surface area contributed by atoms with Gasteiger partial charge in [0.2, 0.25) is 0 Å². The third-order valence-electron chi connectivity index (χ3n) is 3.27. The Kier molecular flexibility index (Phi) is 5.26. The first-order chi connectivity index (χ1) is 9.63. The van der Waals surface area contributed by atoms with E-state index in [2.05, 4.69) is 40.3 Å². The van der Waals surface area contributed by atoms with Crippen molar-refractivity contribution in [1.29, 1.82) is 0 Å². The topological polar surface area (TPSA) is 34.4 Å². The van der Waals surface area contributed by atoms with Crippen molar-refractivity contribution in [3.63, 3.8) is 0 Å². The first-order valence-corrected chi connectivity index (χ1v) is 7.54. The molecule has 3 nitrogen and oxygen atoms in total. The molecule has 0 fully saturated rings. The molecule has 2 rings (SSSR count). The molecule has 0 aliphatic carbocycles. The van der Waals surface area contributed by atoms with Crippen molar-refractivity contribution in [2.75, 3.05) is 13.7 Å². The smallest absolute Gasteiger partial charge is 0.122 e. The second-order valence-corrected chi connectivity index (χ2v) is 5.68. The highest BCUT2D eigenvalue weighted by atomic mass is 79.9. The van der Waals surface area contributed by atoms with Gasteiger partial charge in [-0.15, -0.1) is 0 Å². The van der Waals surface area contributed by atoms with Crippen LogP contribution in [0.2, 0.25) is 0 Å². The van der Waals surface area contributed by atoms with E-state index in [1.165, 1.54) is 11.1 Å². The van der Waals surface area contributed by atoms with Crippen molar-refractivity contribution in [2.24, 2.45) is 0 Å². The van der Waals surface area contributed by atoms with Crippen LogP contribution in [0.25, 0.3) is 0 Å². The Labute approximate surface area is 128 Å². The molecule has 20 heavy (non-hydrogen) atoms. The van der Waals surface area contributed by atoms with Crippen LogP contribution in [-0.4, -0.2) is 13.7 Å². The number of benzene rings is 1. The molecule has 1 N–H and O–H groups in total. The fourth-order valence-corrected chi connectivity index (χ4v) is 2.74. The summed E-state index contributed by atoms with van der Waals surface area (Å²) in [6.07, 6.45) is 2.68. The van der Waals surface area contributed by atoms with E-state index in [4.69, 9.17) is 9.15 Å². The lowest BCUT2D eigenvalue weighted by Gasteiger charge is -2.18. The van der Waals surface area contributed by atoms with Crippen LogP contribution in [-0.2, 0) is 6.42 Å². The first-order valence-electron chi connectivity index (χ1n) is 6.75. The molecule has 1 aromatic heterocycles. The molecule has 0 aliphatic heterocycles. The zero-order chi connectivity index (χ0) is 14.5. The molecule has 1 atom stereocenters.